The van der Waals surface area contributed by atoms with Gasteiger partial charge in [-0.3, -0.25) is 9.48 Å². The van der Waals surface area contributed by atoms with E-state index in [9.17, 15) is 4.79 Å². The molecule has 1 aromatic carbocycles. The van der Waals surface area contributed by atoms with Gasteiger partial charge in [0.15, 0.2) is 5.78 Å². The highest BCUT2D eigenvalue weighted by Crippen LogP contribution is 2.18. The summed E-state index contributed by atoms with van der Waals surface area (Å²) in [5.41, 5.74) is 2.33. The lowest BCUT2D eigenvalue weighted by Crippen LogP contribution is -1.94. The topological polar surface area (TPSA) is 44.1 Å². The van der Waals surface area contributed by atoms with Crippen LogP contribution in [-0.4, -0.2) is 22.7 Å². The Labute approximate surface area is 124 Å². The maximum absolute atomic E-state index is 12.0. The van der Waals surface area contributed by atoms with E-state index >= 15 is 0 Å². The molecule has 0 atom stereocenters. The van der Waals surface area contributed by atoms with Crippen LogP contribution < -0.4 is 4.74 Å². The van der Waals surface area contributed by atoms with Crippen LogP contribution in [0.2, 0.25) is 0 Å². The molecule has 0 aliphatic rings. The van der Waals surface area contributed by atoms with E-state index in [1.165, 1.54) is 6.08 Å². The third kappa shape index (κ3) is 3.69. The number of ketones is 1. The Kier molecular flexibility index (Phi) is 4.72. The van der Waals surface area contributed by atoms with Crippen LogP contribution in [-0.2, 0) is 7.05 Å². The number of rotatable bonds is 5. The number of carbonyl (C=O) groups is 1. The molecule has 0 fully saturated rings. The number of ether oxygens (including phenoxy) is 1. The van der Waals surface area contributed by atoms with Gasteiger partial charge in [-0.2, -0.15) is 5.10 Å². The number of para-hydroxylation sites is 1. The van der Waals surface area contributed by atoms with Crippen LogP contribution in [0.5, 0.6) is 5.75 Å². The number of allylic oxidation sites excluding steroid dienone is 3. The van der Waals surface area contributed by atoms with E-state index in [0.29, 0.717) is 5.56 Å². The van der Waals surface area contributed by atoms with Gasteiger partial charge in [-0.15, -0.1) is 0 Å². The van der Waals surface area contributed by atoms with Crippen molar-refractivity contribution in [1.82, 2.24) is 9.78 Å². The van der Waals surface area contributed by atoms with Gasteiger partial charge in [0, 0.05) is 18.8 Å². The summed E-state index contributed by atoms with van der Waals surface area (Å²) in [5, 5.41) is 4.16. The summed E-state index contributed by atoms with van der Waals surface area (Å²) in [6, 6.07) is 7.71. The summed E-state index contributed by atoms with van der Waals surface area (Å²) in [6.07, 6.45) is 8.71. The van der Waals surface area contributed by atoms with E-state index < -0.39 is 0 Å². The van der Waals surface area contributed by atoms with Crippen LogP contribution >= 0.6 is 0 Å². The zero-order chi connectivity index (χ0) is 15.2. The van der Waals surface area contributed by atoms with Crippen molar-refractivity contribution in [2.24, 2.45) is 7.05 Å². The second-order valence-corrected chi connectivity index (χ2v) is 4.63. The zero-order valence-electron chi connectivity index (χ0n) is 12.4. The molecule has 0 saturated carbocycles. The van der Waals surface area contributed by atoms with Crippen LogP contribution in [0.25, 0.3) is 6.08 Å². The molecular formula is C17H18N2O2. The normalized spacial score (nSPS) is 11.4. The number of aromatic nitrogens is 2. The van der Waals surface area contributed by atoms with Gasteiger partial charge in [0.1, 0.15) is 5.75 Å². The average Bonchev–Trinajstić information content (AvgIpc) is 2.82. The van der Waals surface area contributed by atoms with E-state index in [4.69, 9.17) is 4.74 Å². The first-order chi connectivity index (χ1) is 10.1. The van der Waals surface area contributed by atoms with E-state index in [2.05, 4.69) is 5.10 Å². The van der Waals surface area contributed by atoms with Crippen molar-refractivity contribution in [3.8, 4) is 5.75 Å². The minimum atomic E-state index is -0.0507. The summed E-state index contributed by atoms with van der Waals surface area (Å²) in [5.74, 6) is 0.752. The lowest BCUT2D eigenvalue weighted by atomic mass is 10.1. The number of methoxy groups -OCH3 is 1. The Morgan fingerprint density at radius 2 is 2.05 bits per heavy atom. The van der Waals surface area contributed by atoms with E-state index in [1.807, 2.05) is 43.3 Å². The van der Waals surface area contributed by atoms with Crippen molar-refractivity contribution in [1.29, 1.82) is 0 Å². The summed E-state index contributed by atoms with van der Waals surface area (Å²) >= 11 is 0. The van der Waals surface area contributed by atoms with Crippen LogP contribution in [0, 0.1) is 6.92 Å². The average molecular weight is 282 g/mol. The third-order valence-corrected chi connectivity index (χ3v) is 3.05. The fourth-order valence-corrected chi connectivity index (χ4v) is 2.04. The summed E-state index contributed by atoms with van der Waals surface area (Å²) in [4.78, 5) is 12.0. The van der Waals surface area contributed by atoms with Crippen molar-refractivity contribution in [3.05, 3.63) is 65.5 Å². The van der Waals surface area contributed by atoms with E-state index in [1.54, 1.807) is 31.1 Å². The molecular weight excluding hydrogens is 264 g/mol. The molecule has 0 bridgehead atoms. The number of aryl methyl sites for hydroxylation is 2. The Hall–Kier alpha value is -2.62. The van der Waals surface area contributed by atoms with Gasteiger partial charge in [0.2, 0.25) is 0 Å². The molecule has 4 nitrogen and oxygen atoms in total. The molecule has 0 amide bonds. The third-order valence-electron chi connectivity index (χ3n) is 3.05. The molecule has 1 heterocycles. The number of nitrogens with zero attached hydrogens (tertiary/aromatic N) is 2. The molecule has 0 radical (unpaired) electrons. The predicted octanol–water partition coefficient (Wildman–Crippen LogP) is 3.19. The van der Waals surface area contributed by atoms with Crippen molar-refractivity contribution >= 4 is 11.9 Å². The zero-order valence-corrected chi connectivity index (χ0v) is 12.4. The first kappa shape index (κ1) is 14.8. The Morgan fingerprint density at radius 1 is 1.29 bits per heavy atom. The number of benzene rings is 1. The predicted molar refractivity (Wildman–Crippen MR) is 83.4 cm³/mol. The Morgan fingerprint density at radius 3 is 2.71 bits per heavy atom. The van der Waals surface area contributed by atoms with E-state index in [0.717, 1.165) is 17.0 Å². The fraction of sp³-hybridized carbons (Fsp3) is 0.176. The summed E-state index contributed by atoms with van der Waals surface area (Å²) < 4.78 is 6.90. The van der Waals surface area contributed by atoms with Gasteiger partial charge in [-0.25, -0.2) is 0 Å². The quantitative estimate of drug-likeness (QED) is 0.480. The molecule has 1 aromatic heterocycles. The maximum atomic E-state index is 12.0. The minimum absolute atomic E-state index is 0.0507. The lowest BCUT2D eigenvalue weighted by Gasteiger charge is -2.02. The van der Waals surface area contributed by atoms with E-state index in [-0.39, 0.29) is 5.78 Å². The number of carbonyl (C=O) groups excluding carboxylic acids is 1. The molecule has 2 rings (SSSR count). The van der Waals surface area contributed by atoms with Crippen molar-refractivity contribution in [2.45, 2.75) is 6.92 Å². The number of hydrogen-bond acceptors (Lipinski definition) is 3. The molecule has 0 saturated heterocycles. The monoisotopic (exact) mass is 282 g/mol. The molecule has 108 valence electrons. The van der Waals surface area contributed by atoms with Crippen LogP contribution in [0.15, 0.2) is 48.7 Å². The first-order valence-electron chi connectivity index (χ1n) is 6.64. The molecule has 0 N–H and O–H groups in total. The molecule has 2 aromatic rings. The van der Waals surface area contributed by atoms with Gasteiger partial charge in [0.25, 0.3) is 0 Å². The standard InChI is InChI=1S/C17H18N2O2/c1-13-15(12-19(2)18-13)16(20)10-6-4-8-14-9-5-7-11-17(14)21-3/h4-12H,1-3H3. The van der Waals surface area contributed by atoms with Crippen LogP contribution in [0.3, 0.4) is 0 Å². The van der Waals surface area contributed by atoms with Crippen molar-refractivity contribution < 1.29 is 9.53 Å². The first-order valence-corrected chi connectivity index (χ1v) is 6.64. The summed E-state index contributed by atoms with van der Waals surface area (Å²) in [6.45, 7) is 1.83. The maximum Gasteiger partial charge on any atom is 0.189 e. The summed E-state index contributed by atoms with van der Waals surface area (Å²) in [7, 11) is 3.44. The number of hydrogen-bond donors (Lipinski definition) is 0. The molecule has 0 unspecified atom stereocenters. The highest BCUT2D eigenvalue weighted by molar-refractivity contribution is 6.05. The van der Waals surface area contributed by atoms with Crippen molar-refractivity contribution in [3.63, 3.8) is 0 Å². The SMILES string of the molecule is COc1ccccc1C=CC=CC(=O)c1cn(C)nc1C. The Balaban J connectivity index is 2.07. The second-order valence-electron chi connectivity index (χ2n) is 4.63. The van der Waals surface area contributed by atoms with Crippen LogP contribution in [0.1, 0.15) is 21.6 Å². The largest absolute Gasteiger partial charge is 0.496 e. The molecule has 0 aliphatic carbocycles. The second kappa shape index (κ2) is 6.70. The van der Waals surface area contributed by atoms with Gasteiger partial charge in [0.05, 0.1) is 18.4 Å². The highest BCUT2D eigenvalue weighted by atomic mass is 16.5. The van der Waals surface area contributed by atoms with Gasteiger partial charge < -0.3 is 4.74 Å². The van der Waals surface area contributed by atoms with Crippen LogP contribution in [0.4, 0.5) is 0 Å². The van der Waals surface area contributed by atoms with Crippen molar-refractivity contribution in [2.75, 3.05) is 7.11 Å². The molecule has 4 heteroatoms. The minimum Gasteiger partial charge on any atom is -0.496 e. The van der Waals surface area contributed by atoms with Gasteiger partial charge in [-0.1, -0.05) is 36.4 Å². The highest BCUT2D eigenvalue weighted by Gasteiger charge is 2.08. The molecule has 21 heavy (non-hydrogen) atoms. The molecule has 0 spiro atoms. The lowest BCUT2D eigenvalue weighted by molar-refractivity contribution is 0.104. The molecule has 0 aliphatic heterocycles. The smallest absolute Gasteiger partial charge is 0.189 e. The Bertz CT molecular complexity index is 697. The van der Waals surface area contributed by atoms with Gasteiger partial charge in [-0.05, 0) is 19.1 Å². The fourth-order valence-electron chi connectivity index (χ4n) is 2.04. The van der Waals surface area contributed by atoms with Gasteiger partial charge >= 0.3 is 0 Å².